The minimum absolute atomic E-state index is 0.00475. The monoisotopic (exact) mass is 344 g/mol. The van der Waals surface area contributed by atoms with Crippen LogP contribution >= 0.6 is 34.8 Å². The van der Waals surface area contributed by atoms with Crippen molar-refractivity contribution in [1.29, 1.82) is 0 Å². The third kappa shape index (κ3) is 3.59. The number of benzene rings is 2. The fraction of sp³-hybridized carbons (Fsp3) is 0.143. The number of halogens is 3. The first-order chi connectivity index (χ1) is 9.90. The van der Waals surface area contributed by atoms with Crippen LogP contribution < -0.4 is 5.32 Å². The van der Waals surface area contributed by atoms with E-state index >= 15 is 0 Å². The molecule has 0 radical (unpaired) electrons. The lowest BCUT2D eigenvalue weighted by Crippen LogP contribution is -2.04. The lowest BCUT2D eigenvalue weighted by Gasteiger charge is -2.11. The van der Waals surface area contributed by atoms with Gasteiger partial charge in [-0.25, -0.2) is 0 Å². The van der Waals surface area contributed by atoms with E-state index in [2.05, 4.69) is 5.32 Å². The molecule has 0 aliphatic heterocycles. The highest BCUT2D eigenvalue weighted by Gasteiger charge is 2.15. The normalized spacial score (nSPS) is 10.5. The Morgan fingerprint density at radius 3 is 2.48 bits per heavy atom. The number of nitrogens with zero attached hydrogens (tertiary/aromatic N) is 1. The van der Waals surface area contributed by atoms with E-state index < -0.39 is 4.92 Å². The number of nitrogens with one attached hydrogen (secondary N) is 1. The van der Waals surface area contributed by atoms with Gasteiger partial charge in [-0.2, -0.15) is 0 Å². The highest BCUT2D eigenvalue weighted by Crippen LogP contribution is 2.33. The lowest BCUT2D eigenvalue weighted by atomic mass is 10.1. The van der Waals surface area contributed by atoms with E-state index in [0.29, 0.717) is 26.3 Å². The van der Waals surface area contributed by atoms with Crippen molar-refractivity contribution >= 4 is 46.2 Å². The maximum Gasteiger partial charge on any atom is 0.292 e. The molecule has 4 nitrogen and oxygen atoms in total. The zero-order chi connectivity index (χ0) is 15.6. The Hall–Kier alpha value is -1.49. The van der Waals surface area contributed by atoms with Gasteiger partial charge in [-0.15, -0.1) is 0 Å². The number of aryl methyl sites for hydroxylation is 1. The van der Waals surface area contributed by atoms with Crippen molar-refractivity contribution in [1.82, 2.24) is 0 Å². The van der Waals surface area contributed by atoms with Gasteiger partial charge in [0.25, 0.3) is 5.69 Å². The molecule has 1 N–H and O–H groups in total. The third-order valence-electron chi connectivity index (χ3n) is 2.94. The second-order valence-electron chi connectivity index (χ2n) is 4.45. The smallest absolute Gasteiger partial charge is 0.292 e. The van der Waals surface area contributed by atoms with Crippen LogP contribution in [0.25, 0.3) is 0 Å². The number of nitro groups is 1. The Morgan fingerprint density at radius 2 is 1.81 bits per heavy atom. The molecular weight excluding hydrogens is 335 g/mol. The fourth-order valence-corrected chi connectivity index (χ4v) is 2.55. The molecule has 0 saturated heterocycles. The molecule has 0 amide bonds. The minimum Gasteiger partial charge on any atom is -0.375 e. The van der Waals surface area contributed by atoms with Gasteiger partial charge in [-0.05, 0) is 30.7 Å². The zero-order valence-corrected chi connectivity index (χ0v) is 13.3. The molecule has 0 bridgehead atoms. The molecule has 0 aliphatic rings. The van der Waals surface area contributed by atoms with Crippen LogP contribution in [0.1, 0.15) is 11.1 Å². The van der Waals surface area contributed by atoms with Crippen LogP contribution in [0.2, 0.25) is 15.1 Å². The van der Waals surface area contributed by atoms with Gasteiger partial charge in [0, 0.05) is 23.2 Å². The van der Waals surface area contributed by atoms with Gasteiger partial charge in [0.15, 0.2) is 0 Å². The quantitative estimate of drug-likeness (QED) is 0.454. The van der Waals surface area contributed by atoms with E-state index in [9.17, 15) is 10.1 Å². The van der Waals surface area contributed by atoms with Crippen molar-refractivity contribution < 1.29 is 4.92 Å². The number of nitro benzene ring substituents is 1. The molecule has 21 heavy (non-hydrogen) atoms. The summed E-state index contributed by atoms with van der Waals surface area (Å²) in [6.45, 7) is 2.09. The van der Waals surface area contributed by atoms with E-state index in [0.717, 1.165) is 5.56 Å². The largest absolute Gasteiger partial charge is 0.375 e. The van der Waals surface area contributed by atoms with Gasteiger partial charge in [0.2, 0.25) is 0 Å². The molecule has 2 aromatic rings. The number of anilines is 1. The van der Waals surface area contributed by atoms with E-state index in [4.69, 9.17) is 34.8 Å². The topological polar surface area (TPSA) is 55.2 Å². The SMILES string of the molecule is Cc1ccc([N+](=O)[O-])c(NCc2c(Cl)ccc(Cl)c2Cl)c1. The van der Waals surface area contributed by atoms with E-state index in [1.807, 2.05) is 6.92 Å². The summed E-state index contributed by atoms with van der Waals surface area (Å²) in [5.74, 6) is 0. The molecule has 7 heteroatoms. The highest BCUT2D eigenvalue weighted by molar-refractivity contribution is 6.44. The minimum atomic E-state index is -0.442. The summed E-state index contributed by atoms with van der Waals surface area (Å²) in [4.78, 5) is 10.6. The predicted molar refractivity (Wildman–Crippen MR) is 86.6 cm³/mol. The first-order valence-corrected chi connectivity index (χ1v) is 7.15. The van der Waals surface area contributed by atoms with E-state index in [-0.39, 0.29) is 12.2 Å². The molecule has 0 saturated carbocycles. The average Bonchev–Trinajstić information content (AvgIpc) is 2.43. The molecule has 110 valence electrons. The van der Waals surface area contributed by atoms with Gasteiger partial charge in [0.05, 0.1) is 15.0 Å². The second-order valence-corrected chi connectivity index (χ2v) is 5.65. The summed E-state index contributed by atoms with van der Waals surface area (Å²) in [7, 11) is 0. The van der Waals surface area contributed by atoms with E-state index in [1.54, 1.807) is 24.3 Å². The fourth-order valence-electron chi connectivity index (χ4n) is 1.87. The number of hydrogen-bond acceptors (Lipinski definition) is 3. The molecule has 0 heterocycles. The lowest BCUT2D eigenvalue weighted by molar-refractivity contribution is -0.384. The first kappa shape index (κ1) is 15.9. The van der Waals surface area contributed by atoms with Gasteiger partial charge in [-0.1, -0.05) is 40.9 Å². The van der Waals surface area contributed by atoms with Crippen LogP contribution in [-0.4, -0.2) is 4.92 Å². The van der Waals surface area contributed by atoms with Crippen LogP contribution in [0.15, 0.2) is 30.3 Å². The van der Waals surface area contributed by atoms with Gasteiger partial charge in [0.1, 0.15) is 5.69 Å². The molecule has 0 atom stereocenters. The van der Waals surface area contributed by atoms with Crippen molar-refractivity contribution in [3.05, 3.63) is 66.6 Å². The van der Waals surface area contributed by atoms with Crippen LogP contribution in [0.3, 0.4) is 0 Å². The van der Waals surface area contributed by atoms with Crippen molar-refractivity contribution in [3.63, 3.8) is 0 Å². The number of hydrogen-bond donors (Lipinski definition) is 1. The Labute approximate surface area is 136 Å². The predicted octanol–water partition coefficient (Wildman–Crippen LogP) is 5.48. The van der Waals surface area contributed by atoms with Crippen molar-refractivity contribution in [2.75, 3.05) is 5.32 Å². The van der Waals surface area contributed by atoms with Gasteiger partial charge < -0.3 is 5.32 Å². The third-order valence-corrected chi connectivity index (χ3v) is 4.14. The van der Waals surface area contributed by atoms with Crippen LogP contribution in [0.4, 0.5) is 11.4 Å². The van der Waals surface area contributed by atoms with Crippen LogP contribution in [0.5, 0.6) is 0 Å². The summed E-state index contributed by atoms with van der Waals surface area (Å²) >= 11 is 18.1. The van der Waals surface area contributed by atoms with Crippen molar-refractivity contribution in [2.24, 2.45) is 0 Å². The van der Waals surface area contributed by atoms with Gasteiger partial charge >= 0.3 is 0 Å². The Balaban J connectivity index is 2.31. The zero-order valence-electron chi connectivity index (χ0n) is 11.0. The molecule has 0 unspecified atom stereocenters. The van der Waals surface area contributed by atoms with Crippen molar-refractivity contribution in [3.8, 4) is 0 Å². The van der Waals surface area contributed by atoms with Crippen LogP contribution in [-0.2, 0) is 6.54 Å². The number of rotatable bonds is 4. The van der Waals surface area contributed by atoms with Gasteiger partial charge in [-0.3, -0.25) is 10.1 Å². The Kier molecular flexibility index (Phi) is 4.93. The summed E-state index contributed by atoms with van der Waals surface area (Å²) < 4.78 is 0. The molecular formula is C14H11Cl3N2O2. The molecule has 2 aromatic carbocycles. The maximum absolute atomic E-state index is 11.0. The first-order valence-electron chi connectivity index (χ1n) is 6.01. The van der Waals surface area contributed by atoms with E-state index in [1.165, 1.54) is 6.07 Å². The second kappa shape index (κ2) is 6.52. The summed E-state index contributed by atoms with van der Waals surface area (Å²) in [5, 5.41) is 15.2. The molecule has 0 fully saturated rings. The summed E-state index contributed by atoms with van der Waals surface area (Å²) in [5.41, 5.74) is 1.91. The highest BCUT2D eigenvalue weighted by atomic mass is 35.5. The summed E-state index contributed by atoms with van der Waals surface area (Å²) in [6.07, 6.45) is 0. The molecule has 0 spiro atoms. The maximum atomic E-state index is 11.0. The average molecular weight is 346 g/mol. The summed E-state index contributed by atoms with van der Waals surface area (Å²) in [6, 6.07) is 8.08. The Morgan fingerprint density at radius 1 is 1.14 bits per heavy atom. The molecule has 2 rings (SSSR count). The molecule has 0 aliphatic carbocycles. The standard InChI is InChI=1S/C14H11Cl3N2O2/c1-8-2-5-13(19(20)21)12(6-8)18-7-9-10(15)3-4-11(16)14(9)17/h2-6,18H,7H2,1H3. The molecule has 0 aromatic heterocycles. The Bertz CT molecular complexity index is 705. The van der Waals surface area contributed by atoms with Crippen LogP contribution in [0, 0.1) is 17.0 Å². The van der Waals surface area contributed by atoms with Crippen molar-refractivity contribution in [2.45, 2.75) is 13.5 Å².